The van der Waals surface area contributed by atoms with Gasteiger partial charge in [-0.25, -0.2) is 0 Å². The van der Waals surface area contributed by atoms with Gasteiger partial charge in [-0.15, -0.1) is 0 Å². The van der Waals surface area contributed by atoms with Crippen molar-refractivity contribution in [3.63, 3.8) is 0 Å². The predicted octanol–water partition coefficient (Wildman–Crippen LogP) is 2.49. The second-order valence-electron chi connectivity index (χ2n) is 5.74. The van der Waals surface area contributed by atoms with E-state index in [0.29, 0.717) is 19.1 Å². The van der Waals surface area contributed by atoms with Gasteiger partial charge in [-0.1, -0.05) is 24.6 Å². The molecular weight excluding hydrogens is 266 g/mol. The number of guanidine groups is 1. The molecule has 0 aromatic heterocycles. The highest BCUT2D eigenvalue weighted by Crippen LogP contribution is 2.37. The Balaban J connectivity index is 1.50. The third-order valence-electron chi connectivity index (χ3n) is 4.04. The molecule has 3 N–H and O–H groups in total. The molecule has 1 spiro atoms. The topological polar surface area (TPSA) is 68.9 Å². The molecule has 1 saturated heterocycles. The molecule has 2 fully saturated rings. The number of nitrogens with zero attached hydrogens (tertiary/aromatic N) is 1. The van der Waals surface area contributed by atoms with Crippen molar-refractivity contribution in [1.82, 2.24) is 0 Å². The van der Waals surface area contributed by atoms with Gasteiger partial charge in [-0.05, 0) is 25.0 Å². The Labute approximate surface area is 125 Å². The van der Waals surface area contributed by atoms with Crippen LogP contribution >= 0.6 is 0 Å². The van der Waals surface area contributed by atoms with Gasteiger partial charge in [0, 0.05) is 18.5 Å². The maximum absolute atomic E-state index is 6.08. The Morgan fingerprint density at radius 1 is 1.24 bits per heavy atom. The lowest BCUT2D eigenvalue weighted by Gasteiger charge is -2.31. The van der Waals surface area contributed by atoms with Crippen LogP contribution in [0.15, 0.2) is 35.3 Å². The SMILES string of the molecule is NC(=NCC1COC2(CCCCC2)O1)Nc1ccccc1. The van der Waals surface area contributed by atoms with Gasteiger partial charge in [0.05, 0.1) is 13.2 Å². The highest BCUT2D eigenvalue weighted by atomic mass is 16.7. The highest BCUT2D eigenvalue weighted by molar-refractivity contribution is 5.92. The summed E-state index contributed by atoms with van der Waals surface area (Å²) < 4.78 is 12.0. The van der Waals surface area contributed by atoms with Gasteiger partial charge < -0.3 is 20.5 Å². The van der Waals surface area contributed by atoms with Crippen LogP contribution in [-0.4, -0.2) is 31.0 Å². The Morgan fingerprint density at radius 2 is 2.00 bits per heavy atom. The van der Waals surface area contributed by atoms with Crippen LogP contribution in [0.25, 0.3) is 0 Å². The van der Waals surface area contributed by atoms with Crippen LogP contribution < -0.4 is 11.1 Å². The van der Waals surface area contributed by atoms with E-state index in [0.717, 1.165) is 18.5 Å². The molecular formula is C16H23N3O2. The first kappa shape index (κ1) is 14.4. The zero-order chi connectivity index (χ0) is 14.5. The van der Waals surface area contributed by atoms with Crippen LogP contribution in [0.1, 0.15) is 32.1 Å². The van der Waals surface area contributed by atoms with Gasteiger partial charge in [0.1, 0.15) is 6.10 Å². The van der Waals surface area contributed by atoms with Gasteiger partial charge in [-0.2, -0.15) is 0 Å². The first-order valence-corrected chi connectivity index (χ1v) is 7.70. The molecule has 1 aromatic rings. The second-order valence-corrected chi connectivity index (χ2v) is 5.74. The predicted molar refractivity (Wildman–Crippen MR) is 83.2 cm³/mol. The lowest BCUT2D eigenvalue weighted by molar-refractivity contribution is -0.186. The van der Waals surface area contributed by atoms with Gasteiger partial charge in [0.2, 0.25) is 0 Å². The third kappa shape index (κ3) is 3.74. The normalized spacial score (nSPS) is 25.1. The van der Waals surface area contributed by atoms with Crippen molar-refractivity contribution in [3.05, 3.63) is 30.3 Å². The summed E-state index contributed by atoms with van der Waals surface area (Å²) in [7, 11) is 0. The van der Waals surface area contributed by atoms with E-state index in [-0.39, 0.29) is 11.9 Å². The van der Waals surface area contributed by atoms with E-state index >= 15 is 0 Å². The molecule has 0 amide bonds. The number of nitrogens with one attached hydrogen (secondary N) is 1. The van der Waals surface area contributed by atoms with Crippen LogP contribution in [0.3, 0.4) is 0 Å². The summed E-state index contributed by atoms with van der Waals surface area (Å²) in [5, 5.41) is 3.07. The van der Waals surface area contributed by atoms with Crippen molar-refractivity contribution in [2.24, 2.45) is 10.7 Å². The molecule has 3 rings (SSSR count). The lowest BCUT2D eigenvalue weighted by atomic mass is 9.94. The summed E-state index contributed by atoms with van der Waals surface area (Å²) in [4.78, 5) is 4.36. The minimum atomic E-state index is -0.333. The van der Waals surface area contributed by atoms with Crippen LogP contribution in [0.4, 0.5) is 5.69 Å². The van der Waals surface area contributed by atoms with E-state index in [1.807, 2.05) is 30.3 Å². The molecule has 1 heterocycles. The van der Waals surface area contributed by atoms with E-state index < -0.39 is 0 Å². The summed E-state index contributed by atoms with van der Waals surface area (Å²) in [6.07, 6.45) is 5.68. The molecule has 1 saturated carbocycles. The molecule has 5 nitrogen and oxygen atoms in total. The highest BCUT2D eigenvalue weighted by Gasteiger charge is 2.41. The first-order valence-electron chi connectivity index (χ1n) is 7.70. The molecule has 21 heavy (non-hydrogen) atoms. The fraction of sp³-hybridized carbons (Fsp3) is 0.562. The van der Waals surface area contributed by atoms with Crippen LogP contribution in [-0.2, 0) is 9.47 Å². The maximum Gasteiger partial charge on any atom is 0.193 e. The minimum absolute atomic E-state index is 0.0132. The Hall–Kier alpha value is -1.59. The Morgan fingerprint density at radius 3 is 2.76 bits per heavy atom. The molecule has 0 bridgehead atoms. The summed E-state index contributed by atoms with van der Waals surface area (Å²) in [6, 6.07) is 9.78. The fourth-order valence-corrected chi connectivity index (χ4v) is 2.97. The second kappa shape index (κ2) is 6.45. The van der Waals surface area contributed by atoms with Crippen LogP contribution in [0.2, 0.25) is 0 Å². The Kier molecular flexibility index (Phi) is 4.41. The number of hydrogen-bond acceptors (Lipinski definition) is 3. The first-order chi connectivity index (χ1) is 10.3. The number of anilines is 1. The smallest absolute Gasteiger partial charge is 0.193 e. The van der Waals surface area contributed by atoms with Gasteiger partial charge in [0.15, 0.2) is 11.7 Å². The third-order valence-corrected chi connectivity index (χ3v) is 4.04. The molecule has 5 heteroatoms. The largest absolute Gasteiger partial charge is 0.370 e. The summed E-state index contributed by atoms with van der Waals surface area (Å²) in [5.41, 5.74) is 6.83. The standard InChI is InChI=1S/C16H23N3O2/c17-15(19-13-7-3-1-4-8-13)18-11-14-12-20-16(21-14)9-5-2-6-10-16/h1,3-4,7-8,14H,2,5-6,9-12H2,(H3,17,18,19). The molecule has 0 radical (unpaired) electrons. The molecule has 1 aliphatic carbocycles. The van der Waals surface area contributed by atoms with Crippen molar-refractivity contribution in [2.75, 3.05) is 18.5 Å². The molecule has 114 valence electrons. The number of rotatable bonds is 3. The van der Waals surface area contributed by atoms with Crippen molar-refractivity contribution >= 4 is 11.6 Å². The van der Waals surface area contributed by atoms with Crippen molar-refractivity contribution < 1.29 is 9.47 Å². The van der Waals surface area contributed by atoms with Gasteiger partial charge in [-0.3, -0.25) is 4.99 Å². The minimum Gasteiger partial charge on any atom is -0.370 e. The number of ether oxygens (including phenoxy) is 2. The zero-order valence-corrected chi connectivity index (χ0v) is 12.3. The average molecular weight is 289 g/mol. The monoisotopic (exact) mass is 289 g/mol. The van der Waals surface area contributed by atoms with Gasteiger partial charge in [0.25, 0.3) is 0 Å². The molecule has 1 atom stereocenters. The number of benzene rings is 1. The number of para-hydroxylation sites is 1. The fourth-order valence-electron chi connectivity index (χ4n) is 2.97. The van der Waals surface area contributed by atoms with Crippen molar-refractivity contribution in [2.45, 2.75) is 44.0 Å². The van der Waals surface area contributed by atoms with Crippen molar-refractivity contribution in [3.8, 4) is 0 Å². The summed E-state index contributed by atoms with van der Waals surface area (Å²) >= 11 is 0. The van der Waals surface area contributed by atoms with E-state index in [1.165, 1.54) is 19.3 Å². The van der Waals surface area contributed by atoms with Crippen molar-refractivity contribution in [1.29, 1.82) is 0 Å². The quantitative estimate of drug-likeness (QED) is 0.662. The van der Waals surface area contributed by atoms with Crippen LogP contribution in [0, 0.1) is 0 Å². The summed E-state index contributed by atoms with van der Waals surface area (Å²) in [6.45, 7) is 1.15. The Bertz CT molecular complexity index is 484. The molecule has 1 unspecified atom stereocenters. The van der Waals surface area contributed by atoms with Crippen LogP contribution in [0.5, 0.6) is 0 Å². The average Bonchev–Trinajstić information content (AvgIpc) is 2.90. The zero-order valence-electron chi connectivity index (χ0n) is 12.3. The summed E-state index contributed by atoms with van der Waals surface area (Å²) in [5.74, 6) is 0.0782. The molecule has 2 aliphatic rings. The van der Waals surface area contributed by atoms with E-state index in [4.69, 9.17) is 15.2 Å². The van der Waals surface area contributed by atoms with Gasteiger partial charge >= 0.3 is 0 Å². The molecule has 1 aromatic carbocycles. The lowest BCUT2D eigenvalue weighted by Crippen LogP contribution is -2.34. The maximum atomic E-state index is 6.08. The van der Waals surface area contributed by atoms with E-state index in [9.17, 15) is 0 Å². The van der Waals surface area contributed by atoms with E-state index in [1.54, 1.807) is 0 Å². The number of aliphatic imine (C=N–C) groups is 1. The number of nitrogens with two attached hydrogens (primary N) is 1. The van der Waals surface area contributed by atoms with E-state index in [2.05, 4.69) is 10.3 Å². The molecule has 1 aliphatic heterocycles. The number of hydrogen-bond donors (Lipinski definition) is 2.